The molecule has 3 aromatic carbocycles. The minimum atomic E-state index is -2.51. The van der Waals surface area contributed by atoms with Crippen LogP contribution in [-0.4, -0.2) is 25.5 Å². The maximum atomic E-state index is 13.5. The third-order valence-corrected chi connectivity index (χ3v) is 7.20. The second kappa shape index (κ2) is 9.46. The Labute approximate surface area is 189 Å². The number of ether oxygens (including phenoxy) is 2. The molecular formula is C26H26O5P. The summed E-state index contributed by atoms with van der Waals surface area (Å²) in [6, 6.07) is 13.3. The lowest BCUT2D eigenvalue weighted by Crippen LogP contribution is -2.17. The minimum absolute atomic E-state index is 0.213. The van der Waals surface area contributed by atoms with Crippen LogP contribution in [0.25, 0.3) is 0 Å². The third kappa shape index (κ3) is 4.21. The van der Waals surface area contributed by atoms with E-state index in [1.165, 1.54) is 14.2 Å². The Kier molecular flexibility index (Phi) is 6.90. The number of carbonyl (C=O) groups is 2. The first-order chi connectivity index (χ1) is 15.2. The lowest BCUT2D eigenvalue weighted by atomic mass is 9.95. The SMILES string of the molecule is COc1ccc(C(=O)c2ccccc2[P](=O)C(=O)c2c(C)cc(C)c(C)c2C)c(OC)c1. The van der Waals surface area contributed by atoms with Crippen LogP contribution < -0.4 is 14.8 Å². The van der Waals surface area contributed by atoms with Crippen molar-refractivity contribution in [2.75, 3.05) is 14.2 Å². The maximum absolute atomic E-state index is 13.5. The molecular weight excluding hydrogens is 423 g/mol. The van der Waals surface area contributed by atoms with E-state index in [4.69, 9.17) is 9.47 Å². The van der Waals surface area contributed by atoms with Gasteiger partial charge in [0.2, 0.25) is 5.52 Å². The number of rotatable bonds is 7. The molecule has 0 heterocycles. The van der Waals surface area contributed by atoms with Crippen LogP contribution in [0.5, 0.6) is 11.5 Å². The standard InChI is InChI=1S/C26H26O5P/c1-15-13-16(2)24(18(4)17(15)3)26(28)32(29)23-10-8-7-9-21(23)25(27)20-12-11-19(30-5)14-22(20)31-6/h7-14H,1-6H3. The van der Waals surface area contributed by atoms with E-state index >= 15 is 0 Å². The molecule has 1 atom stereocenters. The number of hydrogen-bond acceptors (Lipinski definition) is 5. The Balaban J connectivity index is 2.08. The molecule has 3 rings (SSSR count). The summed E-state index contributed by atoms with van der Waals surface area (Å²) in [5.41, 5.74) is 4.16. The van der Waals surface area contributed by atoms with Crippen molar-refractivity contribution >= 4 is 24.4 Å². The van der Waals surface area contributed by atoms with Crippen molar-refractivity contribution in [2.45, 2.75) is 27.7 Å². The minimum Gasteiger partial charge on any atom is -0.497 e. The molecule has 0 bridgehead atoms. The van der Waals surface area contributed by atoms with Gasteiger partial charge in [-0.15, -0.1) is 0 Å². The number of ketones is 1. The van der Waals surface area contributed by atoms with Crippen LogP contribution in [0.1, 0.15) is 48.5 Å². The van der Waals surface area contributed by atoms with E-state index in [0.717, 1.165) is 22.3 Å². The summed E-state index contributed by atoms with van der Waals surface area (Å²) in [5, 5.41) is 0.215. The van der Waals surface area contributed by atoms with Crippen LogP contribution in [0.4, 0.5) is 0 Å². The van der Waals surface area contributed by atoms with Crippen molar-refractivity contribution in [2.24, 2.45) is 0 Å². The summed E-state index contributed by atoms with van der Waals surface area (Å²) in [5.74, 6) is 0.518. The van der Waals surface area contributed by atoms with Crippen molar-refractivity contribution in [3.05, 3.63) is 87.5 Å². The van der Waals surface area contributed by atoms with Gasteiger partial charge in [-0.1, -0.05) is 18.2 Å². The Morgan fingerprint density at radius 1 is 0.781 bits per heavy atom. The number of carbonyl (C=O) groups excluding carboxylic acids is 2. The number of benzene rings is 3. The zero-order valence-electron chi connectivity index (χ0n) is 19.1. The first-order valence-corrected chi connectivity index (χ1v) is 11.4. The van der Waals surface area contributed by atoms with Gasteiger partial charge in [0.15, 0.2) is 13.6 Å². The highest BCUT2D eigenvalue weighted by Gasteiger charge is 2.27. The molecule has 6 heteroatoms. The van der Waals surface area contributed by atoms with Gasteiger partial charge >= 0.3 is 0 Å². The number of hydrogen-bond donors (Lipinski definition) is 0. The molecule has 1 unspecified atom stereocenters. The molecule has 3 aromatic rings. The molecule has 0 saturated carbocycles. The van der Waals surface area contributed by atoms with Gasteiger partial charge in [0, 0.05) is 17.2 Å². The van der Waals surface area contributed by atoms with Crippen molar-refractivity contribution in [1.29, 1.82) is 0 Å². The fourth-order valence-electron chi connectivity index (χ4n) is 3.80. The van der Waals surface area contributed by atoms with Gasteiger partial charge in [-0.05, 0) is 74.2 Å². The Hall–Kier alpha value is -3.30. The molecule has 0 aromatic heterocycles. The average Bonchev–Trinajstić information content (AvgIpc) is 2.81. The molecule has 0 fully saturated rings. The second-order valence-electron chi connectivity index (χ2n) is 7.65. The lowest BCUT2D eigenvalue weighted by Gasteiger charge is -2.15. The molecule has 0 aliphatic carbocycles. The Morgan fingerprint density at radius 3 is 2.12 bits per heavy atom. The predicted molar refractivity (Wildman–Crippen MR) is 126 cm³/mol. The van der Waals surface area contributed by atoms with Gasteiger partial charge in [0.1, 0.15) is 11.5 Å². The van der Waals surface area contributed by atoms with E-state index in [9.17, 15) is 14.2 Å². The van der Waals surface area contributed by atoms with Crippen LogP contribution in [0.3, 0.4) is 0 Å². The molecule has 0 amide bonds. The Morgan fingerprint density at radius 2 is 1.47 bits per heavy atom. The summed E-state index contributed by atoms with van der Waals surface area (Å²) in [7, 11) is 0.482. The average molecular weight is 449 g/mol. The molecule has 0 saturated heterocycles. The fraction of sp³-hybridized carbons (Fsp3) is 0.231. The molecule has 0 aliphatic rings. The smallest absolute Gasteiger partial charge is 0.247 e. The van der Waals surface area contributed by atoms with E-state index in [-0.39, 0.29) is 16.7 Å². The first-order valence-electron chi connectivity index (χ1n) is 10.2. The predicted octanol–water partition coefficient (Wildman–Crippen LogP) is 5.46. The van der Waals surface area contributed by atoms with Gasteiger partial charge < -0.3 is 9.47 Å². The van der Waals surface area contributed by atoms with Crippen LogP contribution >= 0.6 is 7.80 Å². The summed E-state index contributed by atoms with van der Waals surface area (Å²) in [4.78, 5) is 26.7. The fourth-order valence-corrected chi connectivity index (χ4v) is 5.18. The monoisotopic (exact) mass is 449 g/mol. The van der Waals surface area contributed by atoms with Crippen LogP contribution in [0.15, 0.2) is 48.5 Å². The number of aryl methyl sites for hydroxylation is 2. The van der Waals surface area contributed by atoms with Gasteiger partial charge in [-0.2, -0.15) is 0 Å². The van der Waals surface area contributed by atoms with E-state index < -0.39 is 13.3 Å². The Bertz CT molecular complexity index is 1240. The summed E-state index contributed by atoms with van der Waals surface area (Å²) >= 11 is 0. The highest BCUT2D eigenvalue weighted by molar-refractivity contribution is 7.71. The van der Waals surface area contributed by atoms with E-state index in [1.54, 1.807) is 42.5 Å². The largest absolute Gasteiger partial charge is 0.497 e. The molecule has 165 valence electrons. The maximum Gasteiger partial charge on any atom is 0.247 e. The van der Waals surface area contributed by atoms with Gasteiger partial charge in [0.05, 0.1) is 25.1 Å². The summed E-state index contributed by atoms with van der Waals surface area (Å²) < 4.78 is 24.0. The molecule has 5 nitrogen and oxygen atoms in total. The van der Waals surface area contributed by atoms with Crippen molar-refractivity contribution < 1.29 is 23.6 Å². The van der Waals surface area contributed by atoms with Crippen LogP contribution in [0, 0.1) is 27.7 Å². The molecule has 0 spiro atoms. The first kappa shape index (κ1) is 23.4. The second-order valence-corrected chi connectivity index (χ2v) is 9.12. The molecule has 32 heavy (non-hydrogen) atoms. The van der Waals surface area contributed by atoms with Gasteiger partial charge in [-0.25, -0.2) is 0 Å². The quantitative estimate of drug-likeness (QED) is 0.354. The summed E-state index contributed by atoms with van der Waals surface area (Å²) in [6.07, 6.45) is 0. The topological polar surface area (TPSA) is 69.7 Å². The van der Waals surface area contributed by atoms with Crippen molar-refractivity contribution in [1.82, 2.24) is 0 Å². The van der Waals surface area contributed by atoms with Crippen LogP contribution in [-0.2, 0) is 4.57 Å². The van der Waals surface area contributed by atoms with E-state index in [1.807, 2.05) is 33.8 Å². The zero-order valence-corrected chi connectivity index (χ0v) is 20.0. The normalized spacial score (nSPS) is 11.1. The lowest BCUT2D eigenvalue weighted by molar-refractivity contribution is 0.103. The van der Waals surface area contributed by atoms with Gasteiger partial charge in [0.25, 0.3) is 0 Å². The third-order valence-electron chi connectivity index (χ3n) is 5.78. The zero-order chi connectivity index (χ0) is 23.6. The van der Waals surface area contributed by atoms with E-state index in [2.05, 4.69) is 0 Å². The molecule has 1 radical (unpaired) electrons. The highest BCUT2D eigenvalue weighted by atomic mass is 31.1. The van der Waals surface area contributed by atoms with Crippen molar-refractivity contribution in [3.8, 4) is 11.5 Å². The highest BCUT2D eigenvalue weighted by Crippen LogP contribution is 2.34. The molecule has 0 aliphatic heterocycles. The number of methoxy groups -OCH3 is 2. The summed E-state index contributed by atoms with van der Waals surface area (Å²) in [6.45, 7) is 7.64. The van der Waals surface area contributed by atoms with Crippen LogP contribution in [0.2, 0.25) is 0 Å². The van der Waals surface area contributed by atoms with Crippen molar-refractivity contribution in [3.63, 3.8) is 0 Å². The van der Waals surface area contributed by atoms with Gasteiger partial charge in [-0.3, -0.25) is 14.2 Å². The van der Waals surface area contributed by atoms with E-state index in [0.29, 0.717) is 22.6 Å². The molecule has 0 N–H and O–H groups in total.